The number of rotatable bonds is 9. The predicted octanol–water partition coefficient (Wildman–Crippen LogP) is 2.28. The van der Waals surface area contributed by atoms with Crippen LogP contribution in [0.5, 0.6) is 0 Å². The molecule has 0 aromatic heterocycles. The summed E-state index contributed by atoms with van der Waals surface area (Å²) in [6.45, 7) is 3.86. The molecule has 0 radical (unpaired) electrons. The van der Waals surface area contributed by atoms with E-state index in [9.17, 15) is 9.59 Å². The summed E-state index contributed by atoms with van der Waals surface area (Å²) in [6, 6.07) is 5.71. The van der Waals surface area contributed by atoms with E-state index >= 15 is 0 Å². The van der Waals surface area contributed by atoms with Gasteiger partial charge in [-0.25, -0.2) is 4.79 Å². The van der Waals surface area contributed by atoms with Gasteiger partial charge >= 0.3 is 6.03 Å². The summed E-state index contributed by atoms with van der Waals surface area (Å²) in [6.07, 6.45) is 1.94. The first kappa shape index (κ1) is 20.0. The summed E-state index contributed by atoms with van der Waals surface area (Å²) in [7, 11) is 5.55. The topological polar surface area (TPSA) is 73.9 Å². The molecule has 2 N–H and O–H groups in total. The molecule has 1 aromatic carbocycles. The summed E-state index contributed by atoms with van der Waals surface area (Å²) in [4.78, 5) is 28.2. The normalized spacial score (nSPS) is 13.2. The van der Waals surface area contributed by atoms with Crippen LogP contribution in [0.2, 0.25) is 0 Å². The van der Waals surface area contributed by atoms with Crippen molar-refractivity contribution in [3.05, 3.63) is 23.8 Å². The van der Waals surface area contributed by atoms with Crippen LogP contribution in [-0.4, -0.2) is 57.7 Å². The zero-order valence-corrected chi connectivity index (χ0v) is 16.2. The lowest BCUT2D eigenvalue weighted by Gasteiger charge is -2.26. The number of nitrogens with one attached hydrogen (secondary N) is 2. The molecule has 1 aliphatic carbocycles. The molecule has 0 aliphatic heterocycles. The fraction of sp³-hybridized carbons (Fsp3) is 0.579. The number of carbonyl (C=O) groups is 2. The fourth-order valence-corrected chi connectivity index (χ4v) is 2.74. The molecule has 0 unspecified atom stereocenters. The van der Waals surface area contributed by atoms with E-state index in [1.54, 1.807) is 12.0 Å². The molecule has 0 atom stereocenters. The van der Waals surface area contributed by atoms with Gasteiger partial charge in [-0.1, -0.05) is 0 Å². The van der Waals surface area contributed by atoms with Crippen LogP contribution in [0.15, 0.2) is 18.2 Å². The van der Waals surface area contributed by atoms with Crippen molar-refractivity contribution < 1.29 is 14.3 Å². The number of carbonyl (C=O) groups excluding carboxylic acids is 2. The number of amides is 3. The molecule has 2 rings (SSSR count). The third kappa shape index (κ3) is 5.62. The Balaban J connectivity index is 2.20. The van der Waals surface area contributed by atoms with Gasteiger partial charge in [-0.2, -0.15) is 0 Å². The average molecular weight is 362 g/mol. The summed E-state index contributed by atoms with van der Waals surface area (Å²) in [5.41, 5.74) is 2.76. The molecule has 7 heteroatoms. The van der Waals surface area contributed by atoms with Crippen LogP contribution in [0.1, 0.15) is 25.3 Å². The number of methoxy groups -OCH3 is 1. The van der Waals surface area contributed by atoms with Gasteiger partial charge in [-0.3, -0.25) is 4.79 Å². The van der Waals surface area contributed by atoms with Crippen LogP contribution in [0.4, 0.5) is 16.2 Å². The van der Waals surface area contributed by atoms with Gasteiger partial charge in [0.15, 0.2) is 0 Å². The van der Waals surface area contributed by atoms with Crippen molar-refractivity contribution in [2.75, 3.05) is 51.1 Å². The Hall–Kier alpha value is -2.28. The summed E-state index contributed by atoms with van der Waals surface area (Å²) < 4.78 is 5.14. The van der Waals surface area contributed by atoms with E-state index in [-0.39, 0.29) is 17.9 Å². The number of ether oxygens (including phenoxy) is 1. The number of hydrogen-bond donors (Lipinski definition) is 2. The van der Waals surface area contributed by atoms with Gasteiger partial charge in [0, 0.05) is 58.1 Å². The molecular weight excluding hydrogens is 332 g/mol. The maximum absolute atomic E-state index is 12.4. The minimum absolute atomic E-state index is 0.0773. The molecule has 0 spiro atoms. The highest BCUT2D eigenvalue weighted by atomic mass is 16.5. The Morgan fingerprint density at radius 1 is 1.27 bits per heavy atom. The highest BCUT2D eigenvalue weighted by molar-refractivity contribution is 5.94. The predicted molar refractivity (Wildman–Crippen MR) is 103 cm³/mol. The van der Waals surface area contributed by atoms with Gasteiger partial charge in [0.1, 0.15) is 0 Å². The number of urea groups is 1. The first-order valence-corrected chi connectivity index (χ1v) is 9.09. The monoisotopic (exact) mass is 362 g/mol. The van der Waals surface area contributed by atoms with E-state index in [1.807, 2.05) is 44.1 Å². The minimum atomic E-state index is -0.123. The number of nitrogens with zero attached hydrogens (tertiary/aromatic N) is 2. The van der Waals surface area contributed by atoms with E-state index in [4.69, 9.17) is 4.74 Å². The second kappa shape index (κ2) is 9.43. The van der Waals surface area contributed by atoms with E-state index in [0.29, 0.717) is 26.2 Å². The molecule has 144 valence electrons. The van der Waals surface area contributed by atoms with Crippen molar-refractivity contribution in [2.45, 2.75) is 26.3 Å². The molecule has 26 heavy (non-hydrogen) atoms. The van der Waals surface area contributed by atoms with E-state index in [2.05, 4.69) is 10.6 Å². The van der Waals surface area contributed by atoms with Crippen molar-refractivity contribution in [1.82, 2.24) is 10.2 Å². The average Bonchev–Trinajstić information content (AvgIpc) is 3.43. The van der Waals surface area contributed by atoms with Crippen LogP contribution < -0.4 is 15.5 Å². The second-order valence-electron chi connectivity index (χ2n) is 6.75. The molecule has 1 fully saturated rings. The van der Waals surface area contributed by atoms with Crippen LogP contribution in [-0.2, 0) is 16.1 Å². The van der Waals surface area contributed by atoms with Gasteiger partial charge < -0.3 is 25.2 Å². The molecule has 7 nitrogen and oxygen atoms in total. The molecule has 3 amide bonds. The van der Waals surface area contributed by atoms with Crippen LogP contribution in [0.3, 0.4) is 0 Å². The maximum Gasteiger partial charge on any atom is 0.317 e. The third-order valence-electron chi connectivity index (χ3n) is 4.32. The van der Waals surface area contributed by atoms with E-state index in [1.165, 1.54) is 0 Å². The number of hydrogen-bond acceptors (Lipinski definition) is 4. The van der Waals surface area contributed by atoms with Crippen LogP contribution in [0.25, 0.3) is 0 Å². The van der Waals surface area contributed by atoms with Crippen molar-refractivity contribution in [1.29, 1.82) is 0 Å². The lowest BCUT2D eigenvalue weighted by Crippen LogP contribution is -2.41. The van der Waals surface area contributed by atoms with Crippen molar-refractivity contribution in [3.8, 4) is 0 Å². The van der Waals surface area contributed by atoms with Gasteiger partial charge in [-0.15, -0.1) is 0 Å². The van der Waals surface area contributed by atoms with Crippen LogP contribution >= 0.6 is 0 Å². The molecule has 0 bridgehead atoms. The largest absolute Gasteiger partial charge is 0.383 e. The van der Waals surface area contributed by atoms with Gasteiger partial charge in [0.2, 0.25) is 5.91 Å². The molecule has 1 saturated carbocycles. The fourth-order valence-electron chi connectivity index (χ4n) is 2.74. The van der Waals surface area contributed by atoms with E-state index < -0.39 is 0 Å². The quantitative estimate of drug-likeness (QED) is 0.707. The summed E-state index contributed by atoms with van der Waals surface area (Å²) in [5.74, 6) is 0.231. The van der Waals surface area contributed by atoms with E-state index in [0.717, 1.165) is 29.8 Å². The molecule has 0 heterocycles. The minimum Gasteiger partial charge on any atom is -0.383 e. The van der Waals surface area contributed by atoms with Crippen molar-refractivity contribution in [2.24, 2.45) is 5.92 Å². The Morgan fingerprint density at radius 2 is 2.00 bits per heavy atom. The smallest absolute Gasteiger partial charge is 0.317 e. The highest BCUT2D eigenvalue weighted by Gasteiger charge is 2.29. The molecule has 1 aromatic rings. The summed E-state index contributed by atoms with van der Waals surface area (Å²) in [5, 5.41) is 5.82. The Kier molecular flexibility index (Phi) is 7.26. The highest BCUT2D eigenvalue weighted by Crippen LogP contribution is 2.31. The van der Waals surface area contributed by atoms with Gasteiger partial charge in [0.25, 0.3) is 0 Å². The third-order valence-corrected chi connectivity index (χ3v) is 4.32. The van der Waals surface area contributed by atoms with Gasteiger partial charge in [-0.05, 0) is 43.5 Å². The lowest BCUT2D eigenvalue weighted by atomic mass is 10.1. The number of anilines is 2. The zero-order valence-electron chi connectivity index (χ0n) is 16.2. The summed E-state index contributed by atoms with van der Waals surface area (Å²) >= 11 is 0. The first-order chi connectivity index (χ1) is 12.5. The Bertz CT molecular complexity index is 629. The maximum atomic E-state index is 12.4. The van der Waals surface area contributed by atoms with Crippen LogP contribution in [0, 0.1) is 5.92 Å². The number of benzene rings is 1. The SMILES string of the molecule is CCNC(=O)N(CCOC)Cc1cc(NC(=O)C2CC2)ccc1N(C)C. The Labute approximate surface area is 155 Å². The van der Waals surface area contributed by atoms with Crippen molar-refractivity contribution in [3.63, 3.8) is 0 Å². The standard InChI is InChI=1S/C19H30N4O3/c1-5-20-19(25)23(10-11-26-4)13-15-12-16(8-9-17(15)22(2)3)21-18(24)14-6-7-14/h8-9,12,14H,5-7,10-11,13H2,1-4H3,(H,20,25)(H,21,24). The van der Waals surface area contributed by atoms with Gasteiger partial charge in [0.05, 0.1) is 6.61 Å². The first-order valence-electron chi connectivity index (χ1n) is 9.09. The van der Waals surface area contributed by atoms with Crippen molar-refractivity contribution >= 4 is 23.3 Å². The second-order valence-corrected chi connectivity index (χ2v) is 6.75. The zero-order chi connectivity index (χ0) is 19.1. The molecule has 1 aliphatic rings. The Morgan fingerprint density at radius 3 is 2.58 bits per heavy atom. The lowest BCUT2D eigenvalue weighted by molar-refractivity contribution is -0.117. The molecule has 0 saturated heterocycles. The molecular formula is C19H30N4O3.